The highest BCUT2D eigenvalue weighted by molar-refractivity contribution is 7.98. The smallest absolute Gasteiger partial charge is 0.262 e. The molecule has 9 heteroatoms. The van der Waals surface area contributed by atoms with Crippen molar-refractivity contribution in [1.29, 1.82) is 0 Å². The highest BCUT2D eigenvalue weighted by atomic mass is 35.5. The molecule has 33 heavy (non-hydrogen) atoms. The van der Waals surface area contributed by atoms with Crippen LogP contribution in [-0.2, 0) is 12.3 Å². The van der Waals surface area contributed by atoms with Gasteiger partial charge in [-0.3, -0.25) is 14.2 Å². The summed E-state index contributed by atoms with van der Waals surface area (Å²) in [6.07, 6.45) is 0.814. The molecule has 0 fully saturated rings. The molecule has 0 amide bonds. The summed E-state index contributed by atoms with van der Waals surface area (Å²) in [6, 6.07) is 14.8. The van der Waals surface area contributed by atoms with Crippen molar-refractivity contribution in [3.8, 4) is 11.1 Å². The van der Waals surface area contributed by atoms with E-state index in [1.165, 1.54) is 23.1 Å². The van der Waals surface area contributed by atoms with Crippen LogP contribution in [0.5, 0.6) is 0 Å². The van der Waals surface area contributed by atoms with Crippen molar-refractivity contribution in [3.63, 3.8) is 0 Å². The summed E-state index contributed by atoms with van der Waals surface area (Å²) < 4.78 is 1.70. The standard InChI is InChI=1S/C24H19ClN4O2S2/c1-2-11-29-23(31)15-8-4-6-10-18(15)26-24(29)33-13-19-27-21(30)20-16(12-32-22(20)28-19)14-7-3-5-9-17(14)25/h3-10,12H,2,11,13H2,1H3,(H,27,28,30). The molecular weight excluding hydrogens is 476 g/mol. The lowest BCUT2D eigenvalue weighted by atomic mass is 10.1. The molecule has 2 aromatic carbocycles. The van der Waals surface area contributed by atoms with E-state index in [1.807, 2.05) is 48.7 Å². The van der Waals surface area contributed by atoms with Crippen molar-refractivity contribution in [2.75, 3.05) is 0 Å². The third kappa shape index (κ3) is 4.10. The van der Waals surface area contributed by atoms with Crippen LogP contribution in [0.25, 0.3) is 32.2 Å². The quantitative estimate of drug-likeness (QED) is 0.241. The molecule has 5 aromatic rings. The van der Waals surface area contributed by atoms with E-state index >= 15 is 0 Å². The predicted octanol–water partition coefficient (Wildman–Crippen LogP) is 5.72. The number of thiophene rings is 1. The number of thioether (sulfide) groups is 1. The van der Waals surface area contributed by atoms with E-state index in [0.29, 0.717) is 49.4 Å². The van der Waals surface area contributed by atoms with E-state index in [9.17, 15) is 9.59 Å². The number of fused-ring (bicyclic) bond motifs is 2. The summed E-state index contributed by atoms with van der Waals surface area (Å²) in [7, 11) is 0. The molecule has 3 aromatic heterocycles. The number of H-pyrrole nitrogens is 1. The Bertz CT molecular complexity index is 1610. The zero-order chi connectivity index (χ0) is 22.9. The van der Waals surface area contributed by atoms with E-state index < -0.39 is 0 Å². The SMILES string of the molecule is CCCn1c(SCc2nc3scc(-c4ccccc4Cl)c3c(=O)[nH]2)nc2ccccc2c1=O. The van der Waals surface area contributed by atoms with E-state index in [1.54, 1.807) is 16.7 Å². The Hall–Kier alpha value is -2.94. The van der Waals surface area contributed by atoms with E-state index in [2.05, 4.69) is 9.97 Å². The van der Waals surface area contributed by atoms with Crippen LogP contribution in [0.1, 0.15) is 19.2 Å². The third-order valence-electron chi connectivity index (χ3n) is 5.27. The number of hydrogen-bond donors (Lipinski definition) is 1. The number of para-hydroxylation sites is 1. The Kier molecular flexibility index (Phi) is 6.05. The molecule has 0 saturated carbocycles. The van der Waals surface area contributed by atoms with E-state index in [4.69, 9.17) is 16.6 Å². The Morgan fingerprint density at radius 1 is 1.06 bits per heavy atom. The fraction of sp³-hybridized carbons (Fsp3) is 0.167. The summed E-state index contributed by atoms with van der Waals surface area (Å²) in [4.78, 5) is 38.9. The van der Waals surface area contributed by atoms with Crippen LogP contribution >= 0.6 is 34.7 Å². The van der Waals surface area contributed by atoms with Gasteiger partial charge in [-0.1, -0.05) is 60.6 Å². The summed E-state index contributed by atoms with van der Waals surface area (Å²) >= 11 is 9.15. The van der Waals surface area contributed by atoms with Crippen LogP contribution in [0.15, 0.2) is 68.7 Å². The minimum absolute atomic E-state index is 0.0514. The molecule has 0 atom stereocenters. The van der Waals surface area contributed by atoms with Gasteiger partial charge in [-0.25, -0.2) is 9.97 Å². The van der Waals surface area contributed by atoms with Crippen molar-refractivity contribution in [1.82, 2.24) is 19.5 Å². The molecule has 166 valence electrons. The lowest BCUT2D eigenvalue weighted by Gasteiger charge is -2.12. The van der Waals surface area contributed by atoms with Gasteiger partial charge in [-0.15, -0.1) is 11.3 Å². The van der Waals surface area contributed by atoms with Gasteiger partial charge in [0.25, 0.3) is 11.1 Å². The first-order chi connectivity index (χ1) is 16.1. The minimum atomic E-state index is -0.204. The second-order valence-corrected chi connectivity index (χ2v) is 9.69. The van der Waals surface area contributed by atoms with Gasteiger partial charge in [-0.05, 0) is 24.6 Å². The molecule has 0 aliphatic heterocycles. The third-order valence-corrected chi connectivity index (χ3v) is 7.46. The number of hydrogen-bond acceptors (Lipinski definition) is 6. The van der Waals surface area contributed by atoms with Crippen LogP contribution in [0.2, 0.25) is 5.02 Å². The van der Waals surface area contributed by atoms with Crippen LogP contribution in [0, 0.1) is 0 Å². The summed E-state index contributed by atoms with van der Waals surface area (Å²) in [5.74, 6) is 0.925. The fourth-order valence-corrected chi connectivity index (χ4v) is 5.84. The zero-order valence-corrected chi connectivity index (χ0v) is 20.1. The van der Waals surface area contributed by atoms with E-state index in [-0.39, 0.29) is 11.1 Å². The predicted molar refractivity (Wildman–Crippen MR) is 137 cm³/mol. The average Bonchev–Trinajstić information content (AvgIpc) is 3.24. The van der Waals surface area contributed by atoms with Crippen LogP contribution in [0.4, 0.5) is 0 Å². The molecule has 0 aliphatic rings. The highest BCUT2D eigenvalue weighted by Gasteiger charge is 2.16. The molecule has 0 saturated heterocycles. The molecule has 0 bridgehead atoms. The van der Waals surface area contributed by atoms with Gasteiger partial charge in [0.15, 0.2) is 5.16 Å². The van der Waals surface area contributed by atoms with Crippen molar-refractivity contribution in [3.05, 3.63) is 85.5 Å². The second-order valence-electron chi connectivity index (χ2n) is 7.48. The summed E-state index contributed by atoms with van der Waals surface area (Å²) in [5, 5.41) is 4.26. The Labute approximate surface area is 202 Å². The molecular formula is C24H19ClN4O2S2. The molecule has 0 spiro atoms. The Morgan fingerprint density at radius 3 is 2.67 bits per heavy atom. The molecule has 0 aliphatic carbocycles. The molecule has 1 N–H and O–H groups in total. The molecule has 6 nitrogen and oxygen atoms in total. The van der Waals surface area contributed by atoms with Crippen LogP contribution in [0.3, 0.4) is 0 Å². The molecule has 5 rings (SSSR count). The van der Waals surface area contributed by atoms with Crippen molar-refractivity contribution < 1.29 is 0 Å². The molecule has 0 radical (unpaired) electrons. The van der Waals surface area contributed by atoms with Gasteiger partial charge in [0.05, 0.1) is 22.0 Å². The lowest BCUT2D eigenvalue weighted by molar-refractivity contribution is 0.584. The first-order valence-corrected chi connectivity index (χ1v) is 12.7. The van der Waals surface area contributed by atoms with Gasteiger partial charge in [0.2, 0.25) is 0 Å². The summed E-state index contributed by atoms with van der Waals surface area (Å²) in [6.45, 7) is 2.60. The number of benzene rings is 2. The monoisotopic (exact) mass is 494 g/mol. The van der Waals surface area contributed by atoms with Gasteiger partial charge >= 0.3 is 0 Å². The van der Waals surface area contributed by atoms with Crippen molar-refractivity contribution in [2.24, 2.45) is 0 Å². The zero-order valence-electron chi connectivity index (χ0n) is 17.7. The lowest BCUT2D eigenvalue weighted by Crippen LogP contribution is -2.23. The largest absolute Gasteiger partial charge is 0.309 e. The normalized spacial score (nSPS) is 11.5. The Balaban J connectivity index is 1.50. The van der Waals surface area contributed by atoms with Crippen molar-refractivity contribution in [2.45, 2.75) is 30.8 Å². The number of aromatic nitrogens is 4. The minimum Gasteiger partial charge on any atom is -0.309 e. The van der Waals surface area contributed by atoms with Gasteiger partial charge in [0, 0.05) is 28.1 Å². The first kappa shape index (κ1) is 21.9. The van der Waals surface area contributed by atoms with Crippen LogP contribution in [-0.4, -0.2) is 19.5 Å². The maximum Gasteiger partial charge on any atom is 0.262 e. The van der Waals surface area contributed by atoms with Crippen molar-refractivity contribution >= 4 is 55.8 Å². The fourth-order valence-electron chi connectivity index (χ4n) is 3.75. The number of nitrogens with one attached hydrogen (secondary N) is 1. The number of nitrogens with zero attached hydrogens (tertiary/aromatic N) is 3. The number of halogens is 1. The second kappa shape index (κ2) is 9.13. The maximum absolute atomic E-state index is 13.0. The average molecular weight is 495 g/mol. The van der Waals surface area contributed by atoms with E-state index in [0.717, 1.165) is 17.5 Å². The summed E-state index contributed by atoms with van der Waals surface area (Å²) in [5.41, 5.74) is 2.00. The number of rotatable bonds is 6. The molecule has 0 unspecified atom stereocenters. The van der Waals surface area contributed by atoms with Crippen LogP contribution < -0.4 is 11.1 Å². The van der Waals surface area contributed by atoms with Gasteiger partial charge in [0.1, 0.15) is 10.7 Å². The number of aromatic amines is 1. The Morgan fingerprint density at radius 2 is 1.85 bits per heavy atom. The highest BCUT2D eigenvalue weighted by Crippen LogP contribution is 2.35. The van der Waals surface area contributed by atoms with Gasteiger partial charge in [-0.2, -0.15) is 0 Å². The molecule has 3 heterocycles. The first-order valence-electron chi connectivity index (χ1n) is 10.4. The van der Waals surface area contributed by atoms with Gasteiger partial charge < -0.3 is 4.98 Å². The maximum atomic E-state index is 13.0. The topological polar surface area (TPSA) is 80.6 Å².